The van der Waals surface area contributed by atoms with Gasteiger partial charge in [-0.3, -0.25) is 14.1 Å². The number of carboxylic acids is 1. The van der Waals surface area contributed by atoms with Gasteiger partial charge in [-0.1, -0.05) is 61.3 Å². The number of carboxylic acid groups (broad SMARTS) is 1. The summed E-state index contributed by atoms with van der Waals surface area (Å²) in [5.74, 6) is -0.672. The molecule has 38 heavy (non-hydrogen) atoms. The zero-order chi connectivity index (χ0) is 26.6. The Morgan fingerprint density at radius 2 is 1.89 bits per heavy atom. The first-order chi connectivity index (χ1) is 18.5. The lowest BCUT2D eigenvalue weighted by Gasteiger charge is -2.10. The van der Waals surface area contributed by atoms with Crippen molar-refractivity contribution in [1.82, 2.24) is 34.7 Å². The van der Waals surface area contributed by atoms with Gasteiger partial charge in [-0.15, -0.1) is 10.2 Å². The molecular weight excluding hydrogens is 506 g/mol. The molecule has 192 valence electrons. The van der Waals surface area contributed by atoms with Gasteiger partial charge in [0, 0.05) is 29.2 Å². The molecule has 3 heterocycles. The monoisotopic (exact) mass is 529 g/mol. The fourth-order valence-corrected chi connectivity index (χ4v) is 4.66. The quantitative estimate of drug-likeness (QED) is 0.284. The minimum atomic E-state index is -1.16. The van der Waals surface area contributed by atoms with Crippen molar-refractivity contribution in [2.45, 2.75) is 32.7 Å². The van der Waals surface area contributed by atoms with E-state index in [-0.39, 0.29) is 28.5 Å². The Labute approximate surface area is 222 Å². The van der Waals surface area contributed by atoms with E-state index in [1.54, 1.807) is 29.1 Å². The third kappa shape index (κ3) is 4.85. The molecule has 3 aromatic heterocycles. The molecule has 0 aliphatic heterocycles. The van der Waals surface area contributed by atoms with Crippen molar-refractivity contribution in [2.24, 2.45) is 0 Å². The second-order valence-electron chi connectivity index (χ2n) is 8.72. The van der Waals surface area contributed by atoms with E-state index in [1.165, 1.54) is 10.6 Å². The summed E-state index contributed by atoms with van der Waals surface area (Å²) in [5, 5.41) is 24.2. The Morgan fingerprint density at radius 1 is 1.08 bits per heavy atom. The van der Waals surface area contributed by atoms with Crippen LogP contribution in [0, 0.1) is 0 Å². The van der Waals surface area contributed by atoms with Gasteiger partial charge in [0.15, 0.2) is 0 Å². The number of pyridine rings is 1. The van der Waals surface area contributed by atoms with Crippen LogP contribution in [0.4, 0.5) is 0 Å². The molecule has 2 N–H and O–H groups in total. The minimum Gasteiger partial charge on any atom is -0.478 e. The van der Waals surface area contributed by atoms with Crippen LogP contribution >= 0.6 is 11.6 Å². The smallest absolute Gasteiger partial charge is 0.337 e. The van der Waals surface area contributed by atoms with E-state index in [4.69, 9.17) is 11.6 Å². The number of benzene rings is 2. The van der Waals surface area contributed by atoms with Crippen molar-refractivity contribution in [1.29, 1.82) is 0 Å². The molecule has 5 rings (SSSR count). The first-order valence-corrected chi connectivity index (χ1v) is 12.5. The highest BCUT2D eigenvalue weighted by molar-refractivity contribution is 6.33. The predicted molar refractivity (Wildman–Crippen MR) is 143 cm³/mol. The van der Waals surface area contributed by atoms with Crippen molar-refractivity contribution in [3.63, 3.8) is 0 Å². The summed E-state index contributed by atoms with van der Waals surface area (Å²) in [4.78, 5) is 30.1. The molecule has 0 bridgehead atoms. The molecule has 0 amide bonds. The second-order valence-corrected chi connectivity index (χ2v) is 9.13. The van der Waals surface area contributed by atoms with Crippen molar-refractivity contribution < 1.29 is 9.90 Å². The molecule has 11 heteroatoms. The molecule has 0 saturated heterocycles. The molecule has 0 aliphatic rings. The number of hydrogen-bond acceptors (Lipinski definition) is 6. The topological polar surface area (TPSA) is 132 Å². The number of unbranched alkanes of at least 4 members (excludes halogenated alkanes) is 1. The van der Waals surface area contributed by atoms with Gasteiger partial charge in [0.2, 0.25) is 5.82 Å². The SMILES string of the molecule is CCCCc1cn(-c2c(Cl)cccc2C(=O)O)c(=O)n1Cc1ccc(-c2ccccc2-c2nn[nH]n2)cn1. The third-order valence-corrected chi connectivity index (χ3v) is 6.58. The van der Waals surface area contributed by atoms with E-state index in [2.05, 4.69) is 32.5 Å². The van der Waals surface area contributed by atoms with Crippen LogP contribution in [-0.4, -0.2) is 45.8 Å². The van der Waals surface area contributed by atoms with Crippen molar-refractivity contribution in [3.05, 3.63) is 99.4 Å². The number of aromatic amines is 1. The van der Waals surface area contributed by atoms with E-state index in [1.807, 2.05) is 36.4 Å². The average molecular weight is 530 g/mol. The van der Waals surface area contributed by atoms with Crippen LogP contribution in [0.1, 0.15) is 41.5 Å². The fraction of sp³-hybridized carbons (Fsp3) is 0.185. The van der Waals surface area contributed by atoms with Crippen LogP contribution in [0.25, 0.3) is 28.2 Å². The Kier molecular flexibility index (Phi) is 7.14. The van der Waals surface area contributed by atoms with Crippen LogP contribution < -0.4 is 5.69 Å². The molecule has 0 atom stereocenters. The maximum absolute atomic E-state index is 13.6. The number of hydrogen-bond donors (Lipinski definition) is 2. The number of aryl methyl sites for hydroxylation is 1. The van der Waals surface area contributed by atoms with Crippen LogP contribution in [0.2, 0.25) is 5.02 Å². The van der Waals surface area contributed by atoms with Gasteiger partial charge < -0.3 is 5.11 Å². The highest BCUT2D eigenvalue weighted by Crippen LogP contribution is 2.29. The largest absolute Gasteiger partial charge is 0.478 e. The van der Waals surface area contributed by atoms with Crippen molar-refractivity contribution >= 4 is 17.6 Å². The van der Waals surface area contributed by atoms with E-state index in [9.17, 15) is 14.7 Å². The Hall–Kier alpha value is -4.57. The lowest BCUT2D eigenvalue weighted by molar-refractivity contribution is 0.0697. The minimum absolute atomic E-state index is 0.0402. The Morgan fingerprint density at radius 3 is 2.58 bits per heavy atom. The van der Waals surface area contributed by atoms with Crippen LogP contribution in [0.3, 0.4) is 0 Å². The number of nitrogens with one attached hydrogen (secondary N) is 1. The highest BCUT2D eigenvalue weighted by atomic mass is 35.5. The number of imidazole rings is 1. The summed E-state index contributed by atoms with van der Waals surface area (Å²) in [6.45, 7) is 2.30. The third-order valence-electron chi connectivity index (χ3n) is 6.28. The number of tetrazole rings is 1. The number of rotatable bonds is 9. The lowest BCUT2D eigenvalue weighted by Crippen LogP contribution is -2.26. The average Bonchev–Trinajstić information content (AvgIpc) is 3.57. The van der Waals surface area contributed by atoms with Gasteiger partial charge in [0.25, 0.3) is 0 Å². The fourth-order valence-electron chi connectivity index (χ4n) is 4.39. The van der Waals surface area contributed by atoms with E-state index >= 15 is 0 Å². The number of nitrogens with zero attached hydrogens (tertiary/aromatic N) is 6. The first-order valence-electron chi connectivity index (χ1n) is 12.1. The number of para-hydroxylation sites is 1. The number of aromatic carboxylic acids is 1. The molecule has 10 nitrogen and oxygen atoms in total. The van der Waals surface area contributed by atoms with Gasteiger partial charge in [0.1, 0.15) is 0 Å². The normalized spacial score (nSPS) is 11.1. The maximum atomic E-state index is 13.6. The lowest BCUT2D eigenvalue weighted by atomic mass is 10.0. The van der Waals surface area contributed by atoms with Gasteiger partial charge in [0.05, 0.1) is 28.5 Å². The van der Waals surface area contributed by atoms with E-state index < -0.39 is 5.97 Å². The van der Waals surface area contributed by atoms with Crippen LogP contribution in [0.15, 0.2) is 71.8 Å². The number of H-pyrrole nitrogens is 1. The van der Waals surface area contributed by atoms with Crippen molar-refractivity contribution in [2.75, 3.05) is 0 Å². The maximum Gasteiger partial charge on any atom is 0.337 e. The molecule has 2 aromatic carbocycles. The molecule has 0 unspecified atom stereocenters. The van der Waals surface area contributed by atoms with Gasteiger partial charge in [-0.2, -0.15) is 5.21 Å². The Balaban J connectivity index is 1.51. The number of aromatic nitrogens is 7. The first kappa shape index (κ1) is 25.1. The van der Waals surface area contributed by atoms with Crippen molar-refractivity contribution in [3.8, 4) is 28.2 Å². The van der Waals surface area contributed by atoms with E-state index in [0.717, 1.165) is 35.2 Å². The zero-order valence-electron chi connectivity index (χ0n) is 20.5. The summed E-state index contributed by atoms with van der Waals surface area (Å²) in [5.41, 5.74) is 3.79. The summed E-state index contributed by atoms with van der Waals surface area (Å²) < 4.78 is 2.95. The summed E-state index contributed by atoms with van der Waals surface area (Å²) in [6, 6.07) is 16.1. The second kappa shape index (κ2) is 10.8. The van der Waals surface area contributed by atoms with E-state index in [0.29, 0.717) is 17.9 Å². The summed E-state index contributed by atoms with van der Waals surface area (Å²) >= 11 is 6.37. The standard InChI is InChI=1S/C27H24ClN7O3/c1-2-3-7-19-16-35(24-22(26(36)37)10-6-11-23(24)28)27(38)34(19)15-18-13-12-17(14-29-18)20-8-4-5-9-21(20)25-30-32-33-31-25/h4-6,8-14,16H,2-3,7,15H2,1H3,(H,36,37)(H,30,31,32,33). The van der Waals surface area contributed by atoms with Gasteiger partial charge in [-0.25, -0.2) is 9.59 Å². The molecule has 0 aliphatic carbocycles. The van der Waals surface area contributed by atoms with Gasteiger partial charge >= 0.3 is 11.7 Å². The molecule has 5 aromatic rings. The Bertz CT molecular complexity index is 1640. The zero-order valence-corrected chi connectivity index (χ0v) is 21.3. The van der Waals surface area contributed by atoms with Crippen LogP contribution in [0.5, 0.6) is 0 Å². The molecule has 0 saturated carbocycles. The van der Waals surface area contributed by atoms with Crippen LogP contribution in [-0.2, 0) is 13.0 Å². The number of halogens is 1. The summed E-state index contributed by atoms with van der Waals surface area (Å²) in [7, 11) is 0. The van der Waals surface area contributed by atoms with Gasteiger partial charge in [-0.05, 0) is 41.8 Å². The number of carbonyl (C=O) groups is 1. The molecular formula is C27H24ClN7O3. The molecule has 0 fully saturated rings. The molecule has 0 radical (unpaired) electrons. The summed E-state index contributed by atoms with van der Waals surface area (Å²) in [6.07, 6.45) is 5.90. The highest BCUT2D eigenvalue weighted by Gasteiger charge is 2.20. The predicted octanol–water partition coefficient (Wildman–Crippen LogP) is 4.62. The molecule has 0 spiro atoms.